The molecule has 8 heteroatoms. The molecule has 0 radical (unpaired) electrons. The van der Waals surface area contributed by atoms with Gasteiger partial charge in [0.05, 0.1) is 0 Å². The Hall–Kier alpha value is -1.77. The highest BCUT2D eigenvalue weighted by Crippen LogP contribution is 2.36. The molecule has 0 amide bonds. The average molecular weight is 324 g/mol. The Kier molecular flexibility index (Phi) is 3.52. The maximum atomic E-state index is 12.7. The number of hydrogen-bond acceptors (Lipinski definition) is 5. The summed E-state index contributed by atoms with van der Waals surface area (Å²) in [5.41, 5.74) is 0.561. The maximum absolute atomic E-state index is 12.7. The van der Waals surface area contributed by atoms with Gasteiger partial charge in [0.2, 0.25) is 10.0 Å². The number of carbonyl (C=O) groups is 1. The van der Waals surface area contributed by atoms with Crippen molar-refractivity contribution in [2.75, 3.05) is 6.54 Å². The third-order valence-electron chi connectivity index (χ3n) is 3.40. The highest BCUT2D eigenvalue weighted by Gasteiger charge is 2.41. The zero-order valence-electron chi connectivity index (χ0n) is 10.8. The molecule has 21 heavy (non-hydrogen) atoms. The van der Waals surface area contributed by atoms with E-state index in [1.165, 1.54) is 35.9 Å². The highest BCUT2D eigenvalue weighted by atomic mass is 32.2. The minimum Gasteiger partial charge on any atom is -0.480 e. The molecule has 0 spiro atoms. The van der Waals surface area contributed by atoms with Gasteiger partial charge >= 0.3 is 5.97 Å². The molecule has 0 saturated carbocycles. The lowest BCUT2D eigenvalue weighted by atomic mass is 10.0. The van der Waals surface area contributed by atoms with E-state index >= 15 is 0 Å². The lowest BCUT2D eigenvalue weighted by molar-refractivity contribution is -0.142. The van der Waals surface area contributed by atoms with E-state index in [0.717, 1.165) is 9.18 Å². The van der Waals surface area contributed by atoms with E-state index < -0.39 is 22.0 Å². The molecule has 1 aliphatic rings. The summed E-state index contributed by atoms with van der Waals surface area (Å²) in [6.07, 6.45) is 3.23. The standard InChI is InChI=1S/C13H12N2O4S2/c16-13(17)12-10-4-7-20-11(10)3-6-15(12)21(18,19)9-2-1-5-14-8-9/h1-2,4-5,7-8,12H,3,6H2,(H,16,17). The van der Waals surface area contributed by atoms with Gasteiger partial charge in [0.15, 0.2) is 0 Å². The van der Waals surface area contributed by atoms with Gasteiger partial charge in [0.1, 0.15) is 10.9 Å². The van der Waals surface area contributed by atoms with Crippen molar-refractivity contribution < 1.29 is 18.3 Å². The van der Waals surface area contributed by atoms with Crippen molar-refractivity contribution in [1.82, 2.24) is 9.29 Å². The summed E-state index contributed by atoms with van der Waals surface area (Å²) in [5, 5.41) is 11.3. The zero-order chi connectivity index (χ0) is 15.0. The molecule has 3 rings (SSSR count). The monoisotopic (exact) mass is 324 g/mol. The molecule has 2 aromatic rings. The third-order valence-corrected chi connectivity index (χ3v) is 6.24. The van der Waals surface area contributed by atoms with E-state index in [4.69, 9.17) is 0 Å². The highest BCUT2D eigenvalue weighted by molar-refractivity contribution is 7.89. The number of rotatable bonds is 3. The minimum atomic E-state index is -3.88. The Bertz CT molecular complexity index is 770. The van der Waals surface area contributed by atoms with Crippen molar-refractivity contribution in [1.29, 1.82) is 0 Å². The number of carboxylic acid groups (broad SMARTS) is 1. The fourth-order valence-corrected chi connectivity index (χ4v) is 4.88. The van der Waals surface area contributed by atoms with E-state index in [1.54, 1.807) is 11.4 Å². The van der Waals surface area contributed by atoms with Gasteiger partial charge in [-0.1, -0.05) is 0 Å². The molecule has 2 aromatic heterocycles. The van der Waals surface area contributed by atoms with Crippen LogP contribution < -0.4 is 0 Å². The molecule has 1 aliphatic heterocycles. The number of fused-ring (bicyclic) bond motifs is 1. The number of aliphatic carboxylic acids is 1. The van der Waals surface area contributed by atoms with Crippen LogP contribution >= 0.6 is 11.3 Å². The van der Waals surface area contributed by atoms with Crippen molar-refractivity contribution >= 4 is 27.3 Å². The molecule has 3 heterocycles. The number of nitrogens with zero attached hydrogens (tertiary/aromatic N) is 2. The fraction of sp³-hybridized carbons (Fsp3) is 0.231. The summed E-state index contributed by atoms with van der Waals surface area (Å²) >= 11 is 1.46. The molecule has 0 aliphatic carbocycles. The molecule has 0 saturated heterocycles. The summed E-state index contributed by atoms with van der Waals surface area (Å²) in [4.78, 5) is 16.3. The fourth-order valence-electron chi connectivity index (χ4n) is 2.44. The summed E-state index contributed by atoms with van der Waals surface area (Å²) in [5.74, 6) is -1.16. The lowest BCUT2D eigenvalue weighted by Crippen LogP contribution is -2.42. The topological polar surface area (TPSA) is 87.6 Å². The second-order valence-corrected chi connectivity index (χ2v) is 7.49. The molecule has 0 bridgehead atoms. The molecule has 0 fully saturated rings. The predicted molar refractivity (Wildman–Crippen MR) is 76.5 cm³/mol. The van der Waals surface area contributed by atoms with Gasteiger partial charge < -0.3 is 5.11 Å². The van der Waals surface area contributed by atoms with Crippen molar-refractivity contribution in [3.63, 3.8) is 0 Å². The van der Waals surface area contributed by atoms with Crippen LogP contribution in [-0.4, -0.2) is 35.3 Å². The molecule has 1 atom stereocenters. The van der Waals surface area contributed by atoms with Crippen LogP contribution in [0.25, 0.3) is 0 Å². The number of aromatic nitrogens is 1. The van der Waals surface area contributed by atoms with Crippen LogP contribution in [0.15, 0.2) is 40.9 Å². The molecule has 6 nitrogen and oxygen atoms in total. The number of pyridine rings is 1. The van der Waals surface area contributed by atoms with E-state index in [1.807, 2.05) is 0 Å². The Morgan fingerprint density at radius 2 is 2.24 bits per heavy atom. The minimum absolute atomic E-state index is 0.00919. The largest absolute Gasteiger partial charge is 0.480 e. The van der Waals surface area contributed by atoms with E-state index in [9.17, 15) is 18.3 Å². The number of carboxylic acids is 1. The van der Waals surface area contributed by atoms with Crippen molar-refractivity contribution in [2.24, 2.45) is 0 Å². The van der Waals surface area contributed by atoms with Crippen LogP contribution in [-0.2, 0) is 21.2 Å². The normalized spacial score (nSPS) is 19.1. The maximum Gasteiger partial charge on any atom is 0.326 e. The summed E-state index contributed by atoms with van der Waals surface area (Å²) in [6, 6.07) is 3.45. The number of sulfonamides is 1. The van der Waals surface area contributed by atoms with Gasteiger partial charge in [-0.05, 0) is 35.6 Å². The lowest BCUT2D eigenvalue weighted by Gasteiger charge is -2.32. The quantitative estimate of drug-likeness (QED) is 0.925. The number of hydrogen-bond donors (Lipinski definition) is 1. The Labute approximate surface area is 125 Å². The molecule has 1 unspecified atom stereocenters. The van der Waals surface area contributed by atoms with Gasteiger partial charge in [-0.3, -0.25) is 9.78 Å². The van der Waals surface area contributed by atoms with E-state index in [-0.39, 0.29) is 11.4 Å². The molecular weight excluding hydrogens is 312 g/mol. The first kappa shape index (κ1) is 14.2. The predicted octanol–water partition coefficient (Wildman–Crippen LogP) is 1.52. The van der Waals surface area contributed by atoms with Gasteiger partial charge in [-0.15, -0.1) is 11.3 Å². The summed E-state index contributed by atoms with van der Waals surface area (Å²) < 4.78 is 26.4. The van der Waals surface area contributed by atoms with Crippen molar-refractivity contribution in [2.45, 2.75) is 17.4 Å². The van der Waals surface area contributed by atoms with Crippen LogP contribution in [0.2, 0.25) is 0 Å². The number of thiophene rings is 1. The molecule has 0 aromatic carbocycles. The second-order valence-electron chi connectivity index (χ2n) is 4.59. The molecule has 110 valence electrons. The Balaban J connectivity index is 2.08. The average Bonchev–Trinajstić information content (AvgIpc) is 2.95. The van der Waals surface area contributed by atoms with Gasteiger partial charge in [0.25, 0.3) is 0 Å². The first-order valence-corrected chi connectivity index (χ1v) is 8.55. The van der Waals surface area contributed by atoms with Crippen LogP contribution in [0.4, 0.5) is 0 Å². The molecule has 1 N–H and O–H groups in total. The van der Waals surface area contributed by atoms with Gasteiger partial charge in [-0.25, -0.2) is 8.42 Å². The van der Waals surface area contributed by atoms with Crippen molar-refractivity contribution in [3.8, 4) is 0 Å². The summed E-state index contributed by atoms with van der Waals surface area (Å²) in [7, 11) is -3.88. The summed E-state index contributed by atoms with van der Waals surface area (Å²) in [6.45, 7) is 0.154. The smallest absolute Gasteiger partial charge is 0.326 e. The van der Waals surface area contributed by atoms with Crippen LogP contribution in [0.3, 0.4) is 0 Å². The van der Waals surface area contributed by atoms with Gasteiger partial charge in [0, 0.05) is 23.8 Å². The van der Waals surface area contributed by atoms with E-state index in [2.05, 4.69) is 4.98 Å². The van der Waals surface area contributed by atoms with Crippen molar-refractivity contribution in [3.05, 3.63) is 46.4 Å². The van der Waals surface area contributed by atoms with Crippen LogP contribution in [0, 0.1) is 0 Å². The van der Waals surface area contributed by atoms with E-state index in [0.29, 0.717) is 12.0 Å². The third kappa shape index (κ3) is 2.35. The van der Waals surface area contributed by atoms with Crippen LogP contribution in [0.1, 0.15) is 16.5 Å². The second kappa shape index (κ2) is 5.21. The van der Waals surface area contributed by atoms with Gasteiger partial charge in [-0.2, -0.15) is 4.31 Å². The zero-order valence-corrected chi connectivity index (χ0v) is 12.5. The first-order chi connectivity index (χ1) is 10.0. The Morgan fingerprint density at radius 3 is 2.90 bits per heavy atom. The Morgan fingerprint density at radius 1 is 1.43 bits per heavy atom. The SMILES string of the molecule is O=C(O)C1c2ccsc2CCN1S(=O)(=O)c1cccnc1. The van der Waals surface area contributed by atoms with Crippen LogP contribution in [0.5, 0.6) is 0 Å². The molecular formula is C13H12N2O4S2. The first-order valence-electron chi connectivity index (χ1n) is 6.23.